The van der Waals surface area contributed by atoms with Crippen LogP contribution in [-0.4, -0.2) is 59.3 Å². The van der Waals surface area contributed by atoms with E-state index in [0.717, 1.165) is 22.5 Å². The molecule has 11 heteroatoms. The normalized spacial score (nSPS) is 19.2. The number of halogens is 2. The molecule has 9 nitrogen and oxygen atoms in total. The Bertz CT molecular complexity index is 1320. The van der Waals surface area contributed by atoms with Crippen LogP contribution in [-0.2, 0) is 12.8 Å². The van der Waals surface area contributed by atoms with Gasteiger partial charge in [-0.05, 0) is 51.0 Å². The Hall–Kier alpha value is -4.15. The van der Waals surface area contributed by atoms with E-state index in [1.807, 2.05) is 23.6 Å². The van der Waals surface area contributed by atoms with Crippen molar-refractivity contribution in [1.82, 2.24) is 40.2 Å². The van der Waals surface area contributed by atoms with Gasteiger partial charge in [-0.2, -0.15) is 10.2 Å². The van der Waals surface area contributed by atoms with E-state index in [1.54, 1.807) is 12.1 Å². The standard InChI is InChI=1S/C25H24F2N8O/c1-13-21-17(23(32-30-21)19-5-3-15(26)11-28-19)7-9-34(13)25(36)35-10-8-18-22(14(35)2)31-33-24(18)20-6-4-16(27)12-29-20/h3-6,11-14H,7-10H2,1-2H3,(H,30,32)(H,31,33). The molecule has 6 heterocycles. The molecule has 0 fully saturated rings. The molecule has 2 N–H and O–H groups in total. The molecule has 4 aromatic heterocycles. The largest absolute Gasteiger partial charge is 0.321 e. The zero-order chi connectivity index (χ0) is 25.0. The van der Waals surface area contributed by atoms with Gasteiger partial charge in [-0.15, -0.1) is 0 Å². The molecule has 36 heavy (non-hydrogen) atoms. The summed E-state index contributed by atoms with van der Waals surface area (Å²) in [5, 5.41) is 15.0. The Balaban J connectivity index is 1.23. The summed E-state index contributed by atoms with van der Waals surface area (Å²) in [5.41, 5.74) is 6.33. The molecule has 2 aliphatic rings. The minimum Gasteiger partial charge on any atom is -0.316 e. The van der Waals surface area contributed by atoms with Crippen molar-refractivity contribution >= 4 is 6.03 Å². The maximum Gasteiger partial charge on any atom is 0.321 e. The molecule has 2 unspecified atom stereocenters. The first-order chi connectivity index (χ1) is 17.4. The van der Waals surface area contributed by atoms with E-state index < -0.39 is 11.6 Å². The molecule has 6 rings (SSSR count). The zero-order valence-electron chi connectivity index (χ0n) is 19.8. The van der Waals surface area contributed by atoms with Crippen LogP contribution in [0.5, 0.6) is 0 Å². The van der Waals surface area contributed by atoms with E-state index in [4.69, 9.17) is 0 Å². The van der Waals surface area contributed by atoms with Crippen LogP contribution in [0.3, 0.4) is 0 Å². The molecular formula is C25H24F2N8O. The SMILES string of the molecule is CC1c2[nH]nc(-c3ccc(F)cn3)c2CCN1C(=O)N1CCc2c(-c3ccc(F)cn3)n[nH]c2C1C. The van der Waals surface area contributed by atoms with Gasteiger partial charge >= 0.3 is 6.03 Å². The maximum atomic E-state index is 13.7. The number of nitrogens with one attached hydrogen (secondary N) is 2. The lowest BCUT2D eigenvalue weighted by atomic mass is 9.96. The van der Waals surface area contributed by atoms with Gasteiger partial charge in [0.1, 0.15) is 23.0 Å². The minimum atomic E-state index is -0.398. The topological polar surface area (TPSA) is 107 Å². The third-order valence-electron chi connectivity index (χ3n) is 7.21. The summed E-state index contributed by atoms with van der Waals surface area (Å²) >= 11 is 0. The highest BCUT2D eigenvalue weighted by atomic mass is 19.1. The van der Waals surface area contributed by atoms with Crippen LogP contribution in [0.2, 0.25) is 0 Å². The smallest absolute Gasteiger partial charge is 0.316 e. The number of fused-ring (bicyclic) bond motifs is 2. The van der Waals surface area contributed by atoms with Crippen molar-refractivity contribution in [1.29, 1.82) is 0 Å². The number of amides is 2. The van der Waals surface area contributed by atoms with E-state index in [1.165, 1.54) is 24.5 Å². The second kappa shape index (κ2) is 8.51. The highest BCUT2D eigenvalue weighted by molar-refractivity contribution is 5.77. The Labute approximate surface area is 205 Å². The van der Waals surface area contributed by atoms with Gasteiger partial charge in [0.05, 0.1) is 47.3 Å². The van der Waals surface area contributed by atoms with Crippen LogP contribution in [0.15, 0.2) is 36.7 Å². The van der Waals surface area contributed by atoms with Crippen molar-refractivity contribution in [3.63, 3.8) is 0 Å². The predicted octanol–water partition coefficient (Wildman–Crippen LogP) is 4.19. The van der Waals surface area contributed by atoms with Crippen LogP contribution < -0.4 is 0 Å². The summed E-state index contributed by atoms with van der Waals surface area (Å²) in [6.45, 7) is 5.02. The molecule has 2 atom stereocenters. The first kappa shape index (κ1) is 22.3. The third-order valence-corrected chi connectivity index (χ3v) is 7.21. The van der Waals surface area contributed by atoms with E-state index in [-0.39, 0.29) is 18.1 Å². The fraction of sp³-hybridized carbons (Fsp3) is 0.320. The van der Waals surface area contributed by atoms with Crippen LogP contribution in [0, 0.1) is 11.6 Å². The van der Waals surface area contributed by atoms with Crippen LogP contribution >= 0.6 is 0 Å². The van der Waals surface area contributed by atoms with Crippen molar-refractivity contribution < 1.29 is 13.6 Å². The number of aromatic amines is 2. The number of aromatic nitrogens is 6. The lowest BCUT2D eigenvalue weighted by molar-refractivity contribution is 0.113. The van der Waals surface area contributed by atoms with Gasteiger partial charge in [0, 0.05) is 24.2 Å². The Kier molecular flexibility index (Phi) is 5.27. The number of nitrogens with zero attached hydrogens (tertiary/aromatic N) is 6. The van der Waals surface area contributed by atoms with Crippen molar-refractivity contribution in [3.05, 3.63) is 70.8 Å². The summed E-state index contributed by atoms with van der Waals surface area (Å²) in [6.07, 6.45) is 3.59. The van der Waals surface area contributed by atoms with Crippen molar-refractivity contribution in [2.45, 2.75) is 38.8 Å². The molecule has 0 saturated heterocycles. The monoisotopic (exact) mass is 490 g/mol. The molecule has 184 valence electrons. The Morgan fingerprint density at radius 2 is 1.25 bits per heavy atom. The highest BCUT2D eigenvalue weighted by Crippen LogP contribution is 2.37. The molecule has 0 aliphatic carbocycles. The highest BCUT2D eigenvalue weighted by Gasteiger charge is 2.38. The van der Waals surface area contributed by atoms with Crippen molar-refractivity contribution in [2.75, 3.05) is 13.1 Å². The summed E-state index contributed by atoms with van der Waals surface area (Å²) in [7, 11) is 0. The van der Waals surface area contributed by atoms with Gasteiger partial charge in [0.15, 0.2) is 0 Å². The molecule has 4 aromatic rings. The van der Waals surface area contributed by atoms with Crippen molar-refractivity contribution in [2.24, 2.45) is 0 Å². The van der Waals surface area contributed by atoms with E-state index in [9.17, 15) is 13.6 Å². The van der Waals surface area contributed by atoms with E-state index >= 15 is 0 Å². The molecule has 0 aromatic carbocycles. The average molecular weight is 491 g/mol. The molecule has 0 bridgehead atoms. The summed E-state index contributed by atoms with van der Waals surface area (Å²) in [5.74, 6) is -0.796. The first-order valence-electron chi connectivity index (χ1n) is 11.9. The number of hydrogen-bond donors (Lipinski definition) is 2. The van der Waals surface area contributed by atoms with Crippen LogP contribution in [0.25, 0.3) is 22.8 Å². The number of urea groups is 1. The number of carbonyl (C=O) groups excluding carboxylic acids is 1. The minimum absolute atomic E-state index is 0.0570. The summed E-state index contributed by atoms with van der Waals surface area (Å²) < 4.78 is 26.6. The molecular weight excluding hydrogens is 466 g/mol. The molecule has 0 saturated carbocycles. The van der Waals surface area contributed by atoms with Gasteiger partial charge in [0.2, 0.25) is 0 Å². The number of pyridine rings is 2. The lowest BCUT2D eigenvalue weighted by Crippen LogP contribution is -2.49. The number of hydrogen-bond acceptors (Lipinski definition) is 5. The quantitative estimate of drug-likeness (QED) is 0.438. The fourth-order valence-electron chi connectivity index (χ4n) is 5.26. The molecule has 0 spiro atoms. The predicted molar refractivity (Wildman–Crippen MR) is 127 cm³/mol. The number of carbonyl (C=O) groups is 1. The third kappa shape index (κ3) is 3.53. The summed E-state index contributed by atoms with van der Waals surface area (Å²) in [6, 6.07) is 5.48. The zero-order valence-corrected chi connectivity index (χ0v) is 19.8. The van der Waals surface area contributed by atoms with Gasteiger partial charge < -0.3 is 9.80 Å². The second-order valence-corrected chi connectivity index (χ2v) is 9.17. The van der Waals surface area contributed by atoms with E-state index in [2.05, 4.69) is 30.4 Å². The Morgan fingerprint density at radius 3 is 1.64 bits per heavy atom. The molecule has 2 aliphatic heterocycles. The lowest BCUT2D eigenvalue weighted by Gasteiger charge is -2.41. The molecule has 0 radical (unpaired) electrons. The van der Waals surface area contributed by atoms with Crippen LogP contribution in [0.1, 0.15) is 48.4 Å². The van der Waals surface area contributed by atoms with Gasteiger partial charge in [-0.3, -0.25) is 20.2 Å². The van der Waals surface area contributed by atoms with E-state index in [0.29, 0.717) is 48.7 Å². The van der Waals surface area contributed by atoms with Crippen molar-refractivity contribution in [3.8, 4) is 22.8 Å². The van der Waals surface area contributed by atoms with Gasteiger partial charge in [0.25, 0.3) is 0 Å². The second-order valence-electron chi connectivity index (χ2n) is 9.17. The first-order valence-corrected chi connectivity index (χ1v) is 11.9. The van der Waals surface area contributed by atoms with Crippen LogP contribution in [0.4, 0.5) is 13.6 Å². The average Bonchev–Trinajstić information content (AvgIpc) is 3.51. The van der Waals surface area contributed by atoms with Gasteiger partial charge in [-0.1, -0.05) is 0 Å². The Morgan fingerprint density at radius 1 is 0.806 bits per heavy atom. The molecule has 2 amide bonds. The number of rotatable bonds is 2. The van der Waals surface area contributed by atoms with Gasteiger partial charge in [-0.25, -0.2) is 13.6 Å². The number of H-pyrrole nitrogens is 2. The maximum absolute atomic E-state index is 13.7. The summed E-state index contributed by atoms with van der Waals surface area (Å²) in [4.78, 5) is 25.7. The fourth-order valence-corrected chi connectivity index (χ4v) is 5.26.